The maximum atomic E-state index is 11.5. The highest BCUT2D eigenvalue weighted by Gasteiger charge is 2.15. The van der Waals surface area contributed by atoms with E-state index in [4.69, 9.17) is 12.2 Å². The van der Waals surface area contributed by atoms with Crippen LogP contribution in [0.1, 0.15) is 37.5 Å². The van der Waals surface area contributed by atoms with E-state index in [0.29, 0.717) is 10.7 Å². The summed E-state index contributed by atoms with van der Waals surface area (Å²) in [5, 5.41) is 19.1. The molecule has 0 spiro atoms. The number of aryl methyl sites for hydroxylation is 2. The van der Waals surface area contributed by atoms with Crippen molar-refractivity contribution < 1.29 is 9.90 Å². The van der Waals surface area contributed by atoms with Gasteiger partial charge in [-0.3, -0.25) is 9.79 Å². The van der Waals surface area contributed by atoms with Gasteiger partial charge >= 0.3 is 0 Å². The van der Waals surface area contributed by atoms with E-state index < -0.39 is 6.04 Å². The first kappa shape index (κ1) is 20.9. The van der Waals surface area contributed by atoms with E-state index in [1.807, 2.05) is 39.8 Å². The maximum Gasteiger partial charge on any atom is 0.242 e. The van der Waals surface area contributed by atoms with E-state index in [1.54, 1.807) is 20.2 Å². The van der Waals surface area contributed by atoms with Crippen LogP contribution in [-0.2, 0) is 4.79 Å². The molecule has 0 aromatic heterocycles. The maximum absolute atomic E-state index is 11.5. The van der Waals surface area contributed by atoms with Crippen LogP contribution in [-0.4, -0.2) is 47.5 Å². The third-order valence-corrected chi connectivity index (χ3v) is 4.23. The fourth-order valence-corrected chi connectivity index (χ4v) is 2.63. The summed E-state index contributed by atoms with van der Waals surface area (Å²) in [6, 6.07) is 3.30. The van der Waals surface area contributed by atoms with Crippen molar-refractivity contribution in [3.05, 3.63) is 28.8 Å². The summed E-state index contributed by atoms with van der Waals surface area (Å²) in [6.45, 7) is 9.50. The highest BCUT2D eigenvalue weighted by atomic mass is 32.1. The van der Waals surface area contributed by atoms with Crippen LogP contribution in [0.4, 0.5) is 0 Å². The molecular formula is C18H28N4O2S. The van der Waals surface area contributed by atoms with Gasteiger partial charge in [-0.2, -0.15) is 0 Å². The molecule has 0 aliphatic rings. The van der Waals surface area contributed by atoms with Crippen molar-refractivity contribution in [3.63, 3.8) is 0 Å². The first-order valence-corrected chi connectivity index (χ1v) is 8.68. The number of carbonyl (C=O) groups is 1. The van der Waals surface area contributed by atoms with Crippen molar-refractivity contribution in [1.29, 1.82) is 0 Å². The molecule has 138 valence electrons. The lowest BCUT2D eigenvalue weighted by Crippen LogP contribution is -2.51. The van der Waals surface area contributed by atoms with Gasteiger partial charge in [0.05, 0.1) is 6.04 Å². The summed E-state index contributed by atoms with van der Waals surface area (Å²) in [4.78, 5) is 16.0. The van der Waals surface area contributed by atoms with E-state index >= 15 is 0 Å². The molecule has 0 aliphatic heterocycles. The first-order chi connectivity index (χ1) is 11.6. The molecular weight excluding hydrogens is 336 g/mol. The number of carbonyl (C=O) groups excluding carboxylic acids is 1. The standard InChI is InChI=1S/C18H28N4O2S/c1-10-7-11(2)16(23)15(8-10)9-20-12(3)13(4)21-18(25)22-14(5)17(24)19-6/h7-9,12-14,23H,1-6H3,(H,19,24)(H2,21,22,25). The van der Waals surface area contributed by atoms with E-state index in [2.05, 4.69) is 20.9 Å². The number of likely N-dealkylation sites (N-methyl/N-ethyl adjacent to an activating group) is 1. The zero-order valence-electron chi connectivity index (χ0n) is 15.7. The zero-order chi connectivity index (χ0) is 19.1. The normalized spacial score (nSPS) is 14.6. The Morgan fingerprint density at radius 2 is 1.88 bits per heavy atom. The predicted molar refractivity (Wildman–Crippen MR) is 106 cm³/mol. The number of amides is 1. The molecule has 7 heteroatoms. The van der Waals surface area contributed by atoms with Gasteiger partial charge in [-0.25, -0.2) is 0 Å². The molecule has 1 rings (SSSR count). The number of rotatable bonds is 6. The Labute approximate surface area is 155 Å². The lowest BCUT2D eigenvalue weighted by molar-refractivity contribution is -0.121. The van der Waals surface area contributed by atoms with E-state index in [-0.39, 0.29) is 23.7 Å². The second-order valence-corrected chi connectivity index (χ2v) is 6.69. The molecule has 0 aliphatic carbocycles. The molecule has 0 radical (unpaired) electrons. The Hall–Kier alpha value is -2.15. The summed E-state index contributed by atoms with van der Waals surface area (Å²) < 4.78 is 0. The molecule has 4 N–H and O–H groups in total. The third-order valence-electron chi connectivity index (χ3n) is 3.99. The molecule has 6 nitrogen and oxygen atoms in total. The number of hydrogen-bond donors (Lipinski definition) is 4. The van der Waals surface area contributed by atoms with Crippen LogP contribution in [0.3, 0.4) is 0 Å². The van der Waals surface area contributed by atoms with Crippen molar-refractivity contribution in [2.45, 2.75) is 52.7 Å². The number of aliphatic imine (C=N–C) groups is 1. The van der Waals surface area contributed by atoms with Gasteiger partial charge in [0, 0.05) is 24.9 Å². The largest absolute Gasteiger partial charge is 0.507 e. The fraction of sp³-hybridized carbons (Fsp3) is 0.500. The number of phenols is 1. The van der Waals surface area contributed by atoms with Crippen molar-refractivity contribution in [1.82, 2.24) is 16.0 Å². The van der Waals surface area contributed by atoms with Crippen LogP contribution < -0.4 is 16.0 Å². The van der Waals surface area contributed by atoms with Crippen LogP contribution in [0.2, 0.25) is 0 Å². The molecule has 0 fully saturated rings. The number of nitrogens with zero attached hydrogens (tertiary/aromatic N) is 1. The van der Waals surface area contributed by atoms with Gasteiger partial charge in [-0.15, -0.1) is 0 Å². The van der Waals surface area contributed by atoms with Gasteiger partial charge in [0.2, 0.25) is 5.91 Å². The summed E-state index contributed by atoms with van der Waals surface area (Å²) in [7, 11) is 1.58. The van der Waals surface area contributed by atoms with Crippen LogP contribution in [0.15, 0.2) is 17.1 Å². The number of aromatic hydroxyl groups is 1. The zero-order valence-corrected chi connectivity index (χ0v) is 16.5. The average molecular weight is 365 g/mol. The first-order valence-electron chi connectivity index (χ1n) is 8.27. The number of benzene rings is 1. The highest BCUT2D eigenvalue weighted by Crippen LogP contribution is 2.22. The molecule has 0 saturated heterocycles. The van der Waals surface area contributed by atoms with Gasteiger partial charge in [-0.05, 0) is 64.0 Å². The van der Waals surface area contributed by atoms with Gasteiger partial charge < -0.3 is 21.1 Å². The minimum Gasteiger partial charge on any atom is -0.507 e. The molecule has 3 atom stereocenters. The lowest BCUT2D eigenvalue weighted by Gasteiger charge is -2.22. The van der Waals surface area contributed by atoms with Crippen molar-refractivity contribution in [2.24, 2.45) is 4.99 Å². The summed E-state index contributed by atoms with van der Waals surface area (Å²) in [5.41, 5.74) is 2.60. The van der Waals surface area contributed by atoms with Crippen LogP contribution in [0.5, 0.6) is 5.75 Å². The molecule has 0 bridgehead atoms. The second kappa shape index (κ2) is 9.36. The van der Waals surface area contributed by atoms with E-state index in [9.17, 15) is 9.90 Å². The van der Waals surface area contributed by atoms with Crippen molar-refractivity contribution in [2.75, 3.05) is 7.05 Å². The van der Waals surface area contributed by atoms with Crippen molar-refractivity contribution >= 4 is 29.5 Å². The number of hydrogen-bond acceptors (Lipinski definition) is 4. The van der Waals surface area contributed by atoms with Gasteiger partial charge in [-0.1, -0.05) is 6.07 Å². The molecule has 1 aromatic rings. The minimum absolute atomic E-state index is 0.0406. The molecule has 0 heterocycles. The van der Waals surface area contributed by atoms with Crippen molar-refractivity contribution in [3.8, 4) is 5.75 Å². The molecule has 1 amide bonds. The summed E-state index contributed by atoms with van der Waals surface area (Å²) in [5.74, 6) is 0.118. The summed E-state index contributed by atoms with van der Waals surface area (Å²) in [6.07, 6.45) is 1.68. The van der Waals surface area contributed by atoms with E-state index in [0.717, 1.165) is 11.1 Å². The van der Waals surface area contributed by atoms with Crippen LogP contribution >= 0.6 is 12.2 Å². The minimum atomic E-state index is -0.414. The molecule has 0 saturated carbocycles. The quantitative estimate of drug-likeness (QED) is 0.457. The van der Waals surface area contributed by atoms with Gasteiger partial charge in [0.25, 0.3) is 0 Å². The lowest BCUT2D eigenvalue weighted by atomic mass is 10.1. The SMILES string of the molecule is CNC(=O)C(C)NC(=S)NC(C)C(C)N=Cc1cc(C)cc(C)c1O. The highest BCUT2D eigenvalue weighted by molar-refractivity contribution is 7.80. The Morgan fingerprint density at radius 3 is 2.48 bits per heavy atom. The fourth-order valence-electron chi connectivity index (χ4n) is 2.27. The van der Waals surface area contributed by atoms with E-state index in [1.165, 1.54) is 0 Å². The smallest absolute Gasteiger partial charge is 0.242 e. The average Bonchev–Trinajstić information content (AvgIpc) is 2.55. The Kier molecular flexibility index (Phi) is 7.83. The summed E-state index contributed by atoms with van der Waals surface area (Å²) >= 11 is 5.23. The number of thiocarbonyl (C=S) groups is 1. The Bertz CT molecular complexity index is 661. The van der Waals surface area contributed by atoms with Gasteiger partial charge in [0.15, 0.2) is 5.11 Å². The molecule has 1 aromatic carbocycles. The Balaban J connectivity index is 2.66. The second-order valence-electron chi connectivity index (χ2n) is 6.28. The number of nitrogens with one attached hydrogen (secondary N) is 3. The monoisotopic (exact) mass is 364 g/mol. The molecule has 3 unspecified atom stereocenters. The predicted octanol–water partition coefficient (Wildman–Crippen LogP) is 1.80. The molecule has 25 heavy (non-hydrogen) atoms. The topological polar surface area (TPSA) is 85.8 Å². The Morgan fingerprint density at radius 1 is 1.24 bits per heavy atom. The third kappa shape index (κ3) is 6.34. The van der Waals surface area contributed by atoms with Gasteiger partial charge in [0.1, 0.15) is 11.8 Å². The van der Waals surface area contributed by atoms with Crippen LogP contribution in [0.25, 0.3) is 0 Å². The van der Waals surface area contributed by atoms with Crippen LogP contribution in [0, 0.1) is 13.8 Å². The number of phenolic OH excluding ortho intramolecular Hbond substituents is 1.